The molecule has 1 aromatic carbocycles. The molecular weight excluding hydrogens is 243 g/mol. The number of hydrogen-bond acceptors (Lipinski definition) is 3. The third-order valence-electron chi connectivity index (χ3n) is 2.02. The van der Waals surface area contributed by atoms with E-state index in [1.165, 1.54) is 36.5 Å². The minimum atomic E-state index is -0.356. The van der Waals surface area contributed by atoms with Crippen LogP contribution in [0.5, 0.6) is 11.5 Å². The molecule has 0 unspecified atom stereocenters. The zero-order chi connectivity index (χ0) is 12.3. The third kappa shape index (κ3) is 2.52. The van der Waals surface area contributed by atoms with Gasteiger partial charge in [0, 0.05) is 12.3 Å². The van der Waals surface area contributed by atoms with Crippen LogP contribution in [-0.4, -0.2) is 4.98 Å². The van der Waals surface area contributed by atoms with Crippen LogP contribution in [0.1, 0.15) is 5.56 Å². The fraction of sp³-hybridized carbons (Fsp3) is 0. The molecule has 0 N–H and O–H groups in total. The predicted octanol–water partition coefficient (Wildman–Crippen LogP) is 3.54. The molecule has 5 heteroatoms. The van der Waals surface area contributed by atoms with Crippen molar-refractivity contribution >= 4 is 11.6 Å². The van der Waals surface area contributed by atoms with Gasteiger partial charge < -0.3 is 4.74 Å². The number of ether oxygens (including phenoxy) is 1. The van der Waals surface area contributed by atoms with Crippen molar-refractivity contribution in [2.24, 2.45) is 0 Å². The first-order valence-corrected chi connectivity index (χ1v) is 5.06. The minimum Gasteiger partial charge on any atom is -0.456 e. The number of hydrogen-bond donors (Lipinski definition) is 0. The van der Waals surface area contributed by atoms with Crippen molar-refractivity contribution in [1.29, 1.82) is 5.26 Å². The lowest BCUT2D eigenvalue weighted by molar-refractivity contribution is 0.478. The molecule has 0 fully saturated rings. The summed E-state index contributed by atoms with van der Waals surface area (Å²) in [6.07, 6.45) is 1.43. The Balaban J connectivity index is 2.34. The lowest BCUT2D eigenvalue weighted by atomic mass is 10.3. The van der Waals surface area contributed by atoms with Crippen LogP contribution in [0.25, 0.3) is 0 Å². The van der Waals surface area contributed by atoms with Gasteiger partial charge in [0.2, 0.25) is 0 Å². The molecule has 0 spiro atoms. The molecular formula is C12H6ClFN2O. The quantitative estimate of drug-likeness (QED) is 0.764. The Bertz CT molecular complexity index is 578. The Morgan fingerprint density at radius 1 is 1.24 bits per heavy atom. The second-order valence-corrected chi connectivity index (χ2v) is 3.50. The lowest BCUT2D eigenvalue weighted by Crippen LogP contribution is -1.91. The first kappa shape index (κ1) is 11.4. The number of aromatic nitrogens is 1. The second-order valence-electron chi connectivity index (χ2n) is 3.14. The molecule has 0 atom stereocenters. The molecule has 0 aliphatic heterocycles. The summed E-state index contributed by atoms with van der Waals surface area (Å²) in [6.45, 7) is 0. The molecule has 2 aromatic rings. The van der Waals surface area contributed by atoms with Crippen molar-refractivity contribution in [3.63, 3.8) is 0 Å². The van der Waals surface area contributed by atoms with E-state index in [0.29, 0.717) is 11.5 Å². The fourth-order valence-electron chi connectivity index (χ4n) is 1.24. The van der Waals surface area contributed by atoms with Crippen molar-refractivity contribution in [2.45, 2.75) is 0 Å². The summed E-state index contributed by atoms with van der Waals surface area (Å²) in [7, 11) is 0. The van der Waals surface area contributed by atoms with Gasteiger partial charge >= 0.3 is 0 Å². The Morgan fingerprint density at radius 2 is 1.94 bits per heavy atom. The second kappa shape index (κ2) is 4.81. The first-order valence-electron chi connectivity index (χ1n) is 4.69. The van der Waals surface area contributed by atoms with Crippen molar-refractivity contribution in [2.75, 3.05) is 0 Å². The van der Waals surface area contributed by atoms with Crippen LogP contribution < -0.4 is 4.74 Å². The Labute approximate surface area is 102 Å². The van der Waals surface area contributed by atoms with E-state index in [9.17, 15) is 4.39 Å². The highest BCUT2D eigenvalue weighted by atomic mass is 35.5. The highest BCUT2D eigenvalue weighted by molar-refractivity contribution is 6.30. The van der Waals surface area contributed by atoms with E-state index in [1.807, 2.05) is 6.07 Å². The number of halogens is 2. The van der Waals surface area contributed by atoms with Crippen LogP contribution in [0.4, 0.5) is 4.39 Å². The van der Waals surface area contributed by atoms with Crippen molar-refractivity contribution < 1.29 is 9.13 Å². The molecule has 2 rings (SSSR count). The van der Waals surface area contributed by atoms with E-state index < -0.39 is 0 Å². The molecule has 0 saturated carbocycles. The number of nitrogens with zero attached hydrogens (tertiary/aromatic N) is 2. The van der Waals surface area contributed by atoms with E-state index in [2.05, 4.69) is 4.98 Å². The van der Waals surface area contributed by atoms with E-state index >= 15 is 0 Å². The number of rotatable bonds is 2. The molecule has 0 aliphatic carbocycles. The average Bonchev–Trinajstić information content (AvgIpc) is 2.32. The van der Waals surface area contributed by atoms with Gasteiger partial charge in [0.15, 0.2) is 5.15 Å². The van der Waals surface area contributed by atoms with Crippen molar-refractivity contribution in [3.8, 4) is 17.6 Å². The van der Waals surface area contributed by atoms with Gasteiger partial charge in [-0.2, -0.15) is 5.26 Å². The standard InChI is InChI=1S/C12H6ClFN2O/c13-12-10(7-15)11(5-6-16-12)17-9-3-1-8(14)2-4-9/h1-6H. The van der Waals surface area contributed by atoms with Gasteiger partial charge in [-0.15, -0.1) is 0 Å². The van der Waals surface area contributed by atoms with Gasteiger partial charge in [0.25, 0.3) is 0 Å². The SMILES string of the molecule is N#Cc1c(Oc2ccc(F)cc2)ccnc1Cl. The molecule has 0 bridgehead atoms. The van der Waals surface area contributed by atoms with Gasteiger partial charge in [0.05, 0.1) is 0 Å². The van der Waals surface area contributed by atoms with Crippen LogP contribution >= 0.6 is 11.6 Å². The van der Waals surface area contributed by atoms with E-state index in [0.717, 1.165) is 0 Å². The van der Waals surface area contributed by atoms with Crippen molar-refractivity contribution in [3.05, 3.63) is 53.1 Å². The summed E-state index contributed by atoms with van der Waals surface area (Å²) in [4.78, 5) is 3.77. The maximum absolute atomic E-state index is 12.7. The highest BCUT2D eigenvalue weighted by Crippen LogP contribution is 2.28. The highest BCUT2D eigenvalue weighted by Gasteiger charge is 2.09. The lowest BCUT2D eigenvalue weighted by Gasteiger charge is -2.07. The molecule has 84 valence electrons. The number of nitriles is 1. The summed E-state index contributed by atoms with van der Waals surface area (Å²) >= 11 is 5.75. The minimum absolute atomic E-state index is 0.0760. The largest absolute Gasteiger partial charge is 0.456 e. The predicted molar refractivity (Wildman–Crippen MR) is 60.4 cm³/mol. The Morgan fingerprint density at radius 3 is 2.59 bits per heavy atom. The molecule has 0 saturated heterocycles. The van der Waals surface area contributed by atoms with Crippen LogP contribution in [0, 0.1) is 17.1 Å². The van der Waals surface area contributed by atoms with Crippen LogP contribution in [0.3, 0.4) is 0 Å². The van der Waals surface area contributed by atoms with Gasteiger partial charge in [-0.25, -0.2) is 9.37 Å². The summed E-state index contributed by atoms with van der Waals surface area (Å²) < 4.78 is 18.1. The average molecular weight is 249 g/mol. The van der Waals surface area contributed by atoms with E-state index in [4.69, 9.17) is 21.6 Å². The maximum atomic E-state index is 12.7. The molecule has 1 heterocycles. The maximum Gasteiger partial charge on any atom is 0.150 e. The van der Waals surface area contributed by atoms with E-state index in [1.54, 1.807) is 0 Å². The van der Waals surface area contributed by atoms with Crippen LogP contribution in [0.15, 0.2) is 36.5 Å². The molecule has 1 aromatic heterocycles. The van der Waals surface area contributed by atoms with Gasteiger partial charge in [-0.05, 0) is 24.3 Å². The molecule has 17 heavy (non-hydrogen) atoms. The first-order chi connectivity index (χ1) is 8.20. The normalized spacial score (nSPS) is 9.71. The van der Waals surface area contributed by atoms with Gasteiger partial charge in [-0.3, -0.25) is 0 Å². The summed E-state index contributed by atoms with van der Waals surface area (Å²) in [6, 6.07) is 8.89. The Hall–Kier alpha value is -2.12. The number of benzene rings is 1. The summed E-state index contributed by atoms with van der Waals surface area (Å²) in [5, 5.41) is 8.98. The van der Waals surface area contributed by atoms with E-state index in [-0.39, 0.29) is 16.5 Å². The monoisotopic (exact) mass is 248 g/mol. The molecule has 0 aliphatic rings. The summed E-state index contributed by atoms with van der Waals surface area (Å²) in [5.41, 5.74) is 0.151. The smallest absolute Gasteiger partial charge is 0.150 e. The van der Waals surface area contributed by atoms with Crippen LogP contribution in [-0.2, 0) is 0 Å². The molecule has 0 radical (unpaired) electrons. The van der Waals surface area contributed by atoms with Gasteiger partial charge in [0.1, 0.15) is 28.9 Å². The zero-order valence-corrected chi connectivity index (χ0v) is 9.28. The zero-order valence-electron chi connectivity index (χ0n) is 8.52. The topological polar surface area (TPSA) is 45.9 Å². The number of pyridine rings is 1. The Kier molecular flexibility index (Phi) is 3.22. The fourth-order valence-corrected chi connectivity index (χ4v) is 1.43. The molecule has 3 nitrogen and oxygen atoms in total. The van der Waals surface area contributed by atoms with Crippen LogP contribution in [0.2, 0.25) is 5.15 Å². The van der Waals surface area contributed by atoms with Gasteiger partial charge in [-0.1, -0.05) is 11.6 Å². The summed E-state index contributed by atoms with van der Waals surface area (Å²) in [5.74, 6) is 0.356. The van der Waals surface area contributed by atoms with Crippen molar-refractivity contribution in [1.82, 2.24) is 4.98 Å². The molecule has 0 amide bonds. The third-order valence-corrected chi connectivity index (χ3v) is 2.31.